The largest absolute Gasteiger partial charge is 0.493 e. The van der Waals surface area contributed by atoms with Gasteiger partial charge in [-0.15, -0.1) is 0 Å². The first-order valence-electron chi connectivity index (χ1n) is 6.39. The molecule has 0 amide bonds. The van der Waals surface area contributed by atoms with Gasteiger partial charge >= 0.3 is 0 Å². The van der Waals surface area contributed by atoms with E-state index in [1.807, 2.05) is 0 Å². The molecule has 3 rings (SSSR count). The average Bonchev–Trinajstić information content (AvgIpc) is 2.94. The van der Waals surface area contributed by atoms with Gasteiger partial charge in [0.05, 0.1) is 12.4 Å². The smallest absolute Gasteiger partial charge is 0.212 e. The molecule has 0 saturated heterocycles. The maximum absolute atomic E-state index is 9.33. The molecule has 0 radical (unpaired) electrons. The van der Waals surface area contributed by atoms with Crippen molar-refractivity contribution in [1.29, 1.82) is 0 Å². The molecule has 0 unspecified atom stereocenters. The number of aromatic nitrogens is 4. The maximum Gasteiger partial charge on any atom is 0.212 e. The lowest BCUT2D eigenvalue weighted by molar-refractivity contribution is 0.456. The molecule has 3 aromatic heterocycles. The highest BCUT2D eigenvalue weighted by Gasteiger charge is 2.02. The molecule has 0 bridgehead atoms. The Kier molecular flexibility index (Phi) is 3.94. The van der Waals surface area contributed by atoms with Crippen molar-refractivity contribution in [2.75, 3.05) is 12.4 Å². The fourth-order valence-corrected chi connectivity index (χ4v) is 2.48. The summed E-state index contributed by atoms with van der Waals surface area (Å²) in [5, 5.41) is 13.0. The Labute approximate surface area is 130 Å². The van der Waals surface area contributed by atoms with Crippen LogP contribution < -0.4 is 5.32 Å². The molecule has 0 aliphatic rings. The minimum absolute atomic E-state index is 0.00457. The van der Waals surface area contributed by atoms with Gasteiger partial charge < -0.3 is 10.4 Å². The number of pyridine rings is 1. The second-order valence-electron chi connectivity index (χ2n) is 4.19. The Morgan fingerprint density at radius 2 is 2.14 bits per heavy atom. The number of hydrogen-bond acceptors (Lipinski definition) is 7. The minimum atomic E-state index is -0.00457. The third kappa shape index (κ3) is 3.19. The molecule has 3 aromatic rings. The van der Waals surface area contributed by atoms with Crippen LogP contribution in [0.2, 0.25) is 0 Å². The average molecular weight is 309 g/mol. The second-order valence-corrected chi connectivity index (χ2v) is 5.19. The highest BCUT2D eigenvalue weighted by molar-refractivity contribution is 7.18. The third-order valence-corrected chi connectivity index (χ3v) is 3.61. The van der Waals surface area contributed by atoms with Crippen LogP contribution >= 0.6 is 11.3 Å². The predicted molar refractivity (Wildman–Crippen MR) is 86.6 cm³/mol. The molecule has 7 heteroatoms. The van der Waals surface area contributed by atoms with Gasteiger partial charge in [0.1, 0.15) is 26.9 Å². The normalized spacial score (nSPS) is 10.6. The lowest BCUT2D eigenvalue weighted by Crippen LogP contribution is -1.93. The molecule has 6 nitrogen and oxygen atoms in total. The molecule has 3 heterocycles. The summed E-state index contributed by atoms with van der Waals surface area (Å²) >= 11 is 1.39. The molecule has 0 aliphatic carbocycles. The number of fused-ring (bicyclic) bond motifs is 1. The fourth-order valence-electron chi connectivity index (χ4n) is 1.65. The molecule has 0 fully saturated rings. The van der Waals surface area contributed by atoms with Crippen LogP contribution in [0, 0.1) is 11.8 Å². The third-order valence-electron chi connectivity index (χ3n) is 2.67. The van der Waals surface area contributed by atoms with Gasteiger partial charge in [-0.05, 0) is 24.1 Å². The quantitative estimate of drug-likeness (QED) is 0.707. The Balaban J connectivity index is 1.74. The van der Waals surface area contributed by atoms with Gasteiger partial charge in [0.15, 0.2) is 0 Å². The number of nitrogens with zero attached hydrogens (tertiary/aromatic N) is 4. The summed E-state index contributed by atoms with van der Waals surface area (Å²) in [5.41, 5.74) is 1.35. The van der Waals surface area contributed by atoms with Crippen molar-refractivity contribution in [3.8, 4) is 17.7 Å². The van der Waals surface area contributed by atoms with Crippen LogP contribution in [-0.2, 0) is 0 Å². The summed E-state index contributed by atoms with van der Waals surface area (Å²) in [4.78, 5) is 17.4. The van der Waals surface area contributed by atoms with Gasteiger partial charge in [-0.3, -0.25) is 0 Å². The van der Waals surface area contributed by atoms with Crippen LogP contribution in [-0.4, -0.2) is 32.1 Å². The van der Waals surface area contributed by atoms with E-state index in [1.54, 1.807) is 37.7 Å². The summed E-state index contributed by atoms with van der Waals surface area (Å²) in [7, 11) is 1.78. The van der Waals surface area contributed by atoms with E-state index in [0.29, 0.717) is 16.3 Å². The Morgan fingerprint density at radius 1 is 1.23 bits per heavy atom. The number of rotatable bonds is 2. The molecule has 0 aliphatic heterocycles. The van der Waals surface area contributed by atoms with Crippen LogP contribution in [0.15, 0.2) is 30.6 Å². The molecule has 0 spiro atoms. The SMILES string of the molecule is CNc1cnc(C#C/C=C/c2nc3ccc(O)nc3s2)cn1. The minimum Gasteiger partial charge on any atom is -0.493 e. The summed E-state index contributed by atoms with van der Waals surface area (Å²) in [5.74, 6) is 6.47. The highest BCUT2D eigenvalue weighted by atomic mass is 32.1. The van der Waals surface area contributed by atoms with Gasteiger partial charge in [0.25, 0.3) is 0 Å². The number of nitrogens with one attached hydrogen (secondary N) is 1. The summed E-state index contributed by atoms with van der Waals surface area (Å²) in [6, 6.07) is 3.25. The summed E-state index contributed by atoms with van der Waals surface area (Å²) in [6.45, 7) is 0. The lowest BCUT2D eigenvalue weighted by Gasteiger charge is -1.95. The first-order valence-corrected chi connectivity index (χ1v) is 7.21. The van der Waals surface area contributed by atoms with E-state index in [1.165, 1.54) is 17.4 Å². The summed E-state index contributed by atoms with van der Waals surface area (Å²) < 4.78 is 0. The van der Waals surface area contributed by atoms with Crippen LogP contribution in [0.4, 0.5) is 5.82 Å². The van der Waals surface area contributed by atoms with E-state index in [4.69, 9.17) is 0 Å². The van der Waals surface area contributed by atoms with Gasteiger partial charge in [-0.1, -0.05) is 17.3 Å². The number of hydrogen-bond donors (Lipinski definition) is 2. The standard InChI is InChI=1S/C15H11N5OS/c1-16-12-9-17-10(8-18-12)4-2-3-5-14-19-11-6-7-13(21)20-15(11)22-14/h3,5-9H,1H3,(H,16,18)(H,20,21)/b5-3+. The van der Waals surface area contributed by atoms with Crippen molar-refractivity contribution < 1.29 is 5.11 Å². The molecular formula is C15H11N5OS. The summed E-state index contributed by atoms with van der Waals surface area (Å²) in [6.07, 6.45) is 6.73. The maximum atomic E-state index is 9.33. The van der Waals surface area contributed by atoms with Crippen molar-refractivity contribution in [1.82, 2.24) is 19.9 Å². The number of anilines is 1. The Morgan fingerprint density at radius 3 is 2.91 bits per heavy atom. The zero-order valence-corrected chi connectivity index (χ0v) is 12.4. The number of aromatic hydroxyl groups is 1. The monoisotopic (exact) mass is 309 g/mol. The molecule has 108 valence electrons. The van der Waals surface area contributed by atoms with E-state index in [0.717, 1.165) is 10.5 Å². The van der Waals surface area contributed by atoms with Crippen LogP contribution in [0.1, 0.15) is 10.7 Å². The van der Waals surface area contributed by atoms with Crippen molar-refractivity contribution in [3.63, 3.8) is 0 Å². The zero-order valence-electron chi connectivity index (χ0n) is 11.6. The first-order chi connectivity index (χ1) is 10.7. The van der Waals surface area contributed by atoms with Crippen LogP contribution in [0.5, 0.6) is 5.88 Å². The van der Waals surface area contributed by atoms with Crippen molar-refractivity contribution in [2.45, 2.75) is 0 Å². The van der Waals surface area contributed by atoms with E-state index in [-0.39, 0.29) is 5.88 Å². The van der Waals surface area contributed by atoms with Gasteiger partial charge in [0, 0.05) is 13.1 Å². The second kappa shape index (κ2) is 6.20. The van der Waals surface area contributed by atoms with E-state index < -0.39 is 0 Å². The van der Waals surface area contributed by atoms with Crippen LogP contribution in [0.25, 0.3) is 16.4 Å². The molecular weight excluding hydrogens is 298 g/mol. The number of allylic oxidation sites excluding steroid dienone is 1. The van der Waals surface area contributed by atoms with E-state index in [2.05, 4.69) is 37.1 Å². The molecule has 0 saturated carbocycles. The molecule has 0 atom stereocenters. The lowest BCUT2D eigenvalue weighted by atomic mass is 10.4. The first kappa shape index (κ1) is 14.0. The number of thiazole rings is 1. The topological polar surface area (TPSA) is 83.8 Å². The van der Waals surface area contributed by atoms with Crippen molar-refractivity contribution in [3.05, 3.63) is 41.3 Å². The predicted octanol–water partition coefficient (Wildman–Crippen LogP) is 2.29. The molecule has 2 N–H and O–H groups in total. The Hall–Kier alpha value is -2.98. The zero-order chi connectivity index (χ0) is 15.4. The van der Waals surface area contributed by atoms with Gasteiger partial charge in [0.2, 0.25) is 5.88 Å². The van der Waals surface area contributed by atoms with E-state index >= 15 is 0 Å². The molecule has 22 heavy (non-hydrogen) atoms. The van der Waals surface area contributed by atoms with Crippen LogP contribution in [0.3, 0.4) is 0 Å². The Bertz CT molecular complexity index is 890. The fraction of sp³-hybridized carbons (Fsp3) is 0.0667. The molecule has 0 aromatic carbocycles. The van der Waals surface area contributed by atoms with Crippen molar-refractivity contribution >= 4 is 33.6 Å². The van der Waals surface area contributed by atoms with Gasteiger partial charge in [-0.25, -0.2) is 19.9 Å². The highest BCUT2D eigenvalue weighted by Crippen LogP contribution is 2.22. The van der Waals surface area contributed by atoms with E-state index in [9.17, 15) is 5.11 Å². The van der Waals surface area contributed by atoms with Gasteiger partial charge in [-0.2, -0.15) is 0 Å². The van der Waals surface area contributed by atoms with Crippen molar-refractivity contribution in [2.24, 2.45) is 0 Å².